The van der Waals surface area contributed by atoms with Crippen LogP contribution in [0.3, 0.4) is 0 Å². The molecule has 0 spiro atoms. The van der Waals surface area contributed by atoms with Crippen molar-refractivity contribution in [1.82, 2.24) is 9.88 Å². The third-order valence-electron chi connectivity index (χ3n) is 8.34. The quantitative estimate of drug-likeness (QED) is 0.452. The lowest BCUT2D eigenvalue weighted by atomic mass is 9.57. The Bertz CT molecular complexity index is 908. The third-order valence-corrected chi connectivity index (χ3v) is 8.63. The fourth-order valence-corrected chi connectivity index (χ4v) is 6.60. The number of likely N-dealkylation sites (tertiary alicyclic amines) is 1. The van der Waals surface area contributed by atoms with Gasteiger partial charge in [-0.15, -0.1) is 0 Å². The van der Waals surface area contributed by atoms with Crippen molar-refractivity contribution in [3.8, 4) is 5.88 Å². The highest BCUT2D eigenvalue weighted by Crippen LogP contribution is 2.51. The van der Waals surface area contributed by atoms with Crippen LogP contribution in [0.4, 0.5) is 0 Å². The summed E-state index contributed by atoms with van der Waals surface area (Å²) < 4.78 is 11.7. The Balaban J connectivity index is 1.43. The highest BCUT2D eigenvalue weighted by molar-refractivity contribution is 6.31. The second kappa shape index (κ2) is 10.5. The van der Waals surface area contributed by atoms with Crippen molar-refractivity contribution in [2.45, 2.75) is 77.6 Å². The summed E-state index contributed by atoms with van der Waals surface area (Å²) in [6.45, 7) is 10.8. The summed E-state index contributed by atoms with van der Waals surface area (Å²) in [6, 6.07) is 3.62. The number of carbonyl (C=O) groups excluding carboxylic acids is 1. The standard InChI is InChI=1S/C27H39ClN2O4/c1-17-13-23-22(10-9-19(3)27(23,32)14-25(17)33-20(4)31)18(2)15-30-12-6-7-21(16-30)34-26-24(28)8-5-11-29-26/h5,8,11,13,18-19,21-23,25,32H,6-7,9-10,12,14-16H2,1-4H3/t18?,19-,21?,22+,23-,25-,27-/m1/s1. The molecule has 2 aliphatic carbocycles. The number of aromatic nitrogens is 1. The summed E-state index contributed by atoms with van der Waals surface area (Å²) in [7, 11) is 0. The van der Waals surface area contributed by atoms with Gasteiger partial charge in [0, 0.05) is 38.5 Å². The van der Waals surface area contributed by atoms with Crippen LogP contribution in [0, 0.1) is 23.7 Å². The fourth-order valence-electron chi connectivity index (χ4n) is 6.43. The Morgan fingerprint density at radius 2 is 2.18 bits per heavy atom. The monoisotopic (exact) mass is 490 g/mol. The molecule has 3 aliphatic rings. The largest absolute Gasteiger partial charge is 0.472 e. The van der Waals surface area contributed by atoms with Crippen LogP contribution in [0.2, 0.25) is 5.02 Å². The Kier molecular flexibility index (Phi) is 7.90. The van der Waals surface area contributed by atoms with Gasteiger partial charge in [0.05, 0.1) is 5.60 Å². The predicted molar refractivity (Wildman–Crippen MR) is 133 cm³/mol. The second-order valence-corrected chi connectivity index (χ2v) is 11.2. The van der Waals surface area contributed by atoms with E-state index in [1.54, 1.807) is 6.20 Å². The number of aliphatic hydroxyl groups is 1. The van der Waals surface area contributed by atoms with E-state index in [-0.39, 0.29) is 30.0 Å². The molecule has 2 fully saturated rings. The molecular formula is C27H39ClN2O4. The van der Waals surface area contributed by atoms with Crippen LogP contribution in [0.25, 0.3) is 0 Å². The van der Waals surface area contributed by atoms with Crippen molar-refractivity contribution >= 4 is 17.6 Å². The normalized spacial score (nSPS) is 35.1. The number of rotatable bonds is 6. The van der Waals surface area contributed by atoms with Crippen LogP contribution in [0.5, 0.6) is 5.88 Å². The van der Waals surface area contributed by atoms with Crippen molar-refractivity contribution in [1.29, 1.82) is 0 Å². The van der Waals surface area contributed by atoms with Gasteiger partial charge in [-0.05, 0) is 74.6 Å². The van der Waals surface area contributed by atoms with E-state index in [1.165, 1.54) is 6.92 Å². The molecule has 6 nitrogen and oxygen atoms in total. The lowest BCUT2D eigenvalue weighted by molar-refractivity contribution is -0.159. The lowest BCUT2D eigenvalue weighted by Gasteiger charge is -2.53. The number of ether oxygens (including phenoxy) is 2. The molecule has 34 heavy (non-hydrogen) atoms. The maximum atomic E-state index is 11.8. The molecule has 1 aromatic rings. The average Bonchev–Trinajstić information content (AvgIpc) is 2.77. The number of hydrogen-bond acceptors (Lipinski definition) is 6. The van der Waals surface area contributed by atoms with Crippen molar-refractivity contribution in [2.75, 3.05) is 19.6 Å². The molecule has 1 saturated heterocycles. The van der Waals surface area contributed by atoms with Crippen LogP contribution in [0.15, 0.2) is 30.0 Å². The van der Waals surface area contributed by atoms with Crippen LogP contribution in [0.1, 0.15) is 59.8 Å². The Morgan fingerprint density at radius 3 is 2.91 bits per heavy atom. The molecule has 188 valence electrons. The molecule has 0 amide bonds. The number of pyridine rings is 1. The van der Waals surface area contributed by atoms with Crippen molar-refractivity contribution in [3.05, 3.63) is 35.0 Å². The zero-order valence-electron chi connectivity index (χ0n) is 20.9. The van der Waals surface area contributed by atoms with Gasteiger partial charge in [-0.3, -0.25) is 9.69 Å². The Morgan fingerprint density at radius 1 is 1.38 bits per heavy atom. The van der Waals surface area contributed by atoms with E-state index in [2.05, 4.69) is 29.8 Å². The zero-order valence-corrected chi connectivity index (χ0v) is 21.6. The van der Waals surface area contributed by atoms with E-state index in [4.69, 9.17) is 21.1 Å². The number of esters is 1. The summed E-state index contributed by atoms with van der Waals surface area (Å²) in [6.07, 6.45) is 8.35. The lowest BCUT2D eigenvalue weighted by Crippen LogP contribution is -2.56. The minimum atomic E-state index is -0.833. The minimum Gasteiger partial charge on any atom is -0.472 e. The molecule has 2 unspecified atom stereocenters. The minimum absolute atomic E-state index is 0.0815. The first kappa shape index (κ1) is 25.5. The fraction of sp³-hybridized carbons (Fsp3) is 0.704. The number of fused-ring (bicyclic) bond motifs is 1. The summed E-state index contributed by atoms with van der Waals surface area (Å²) in [5.41, 5.74) is 0.231. The van der Waals surface area contributed by atoms with Crippen LogP contribution >= 0.6 is 11.6 Å². The van der Waals surface area contributed by atoms with Crippen molar-refractivity contribution in [2.24, 2.45) is 23.7 Å². The summed E-state index contributed by atoms with van der Waals surface area (Å²) in [4.78, 5) is 18.4. The van der Waals surface area contributed by atoms with E-state index in [9.17, 15) is 9.90 Å². The van der Waals surface area contributed by atoms with Gasteiger partial charge in [0.25, 0.3) is 0 Å². The van der Waals surface area contributed by atoms with Crippen LogP contribution in [-0.4, -0.2) is 58.4 Å². The maximum absolute atomic E-state index is 11.8. The van der Waals surface area contributed by atoms with Gasteiger partial charge in [-0.1, -0.05) is 31.5 Å². The molecular weight excluding hydrogens is 452 g/mol. The van der Waals surface area contributed by atoms with Gasteiger partial charge >= 0.3 is 5.97 Å². The molecule has 7 heteroatoms. The van der Waals surface area contributed by atoms with Gasteiger partial charge in [0.15, 0.2) is 0 Å². The molecule has 1 aliphatic heterocycles. The summed E-state index contributed by atoms with van der Waals surface area (Å²) >= 11 is 6.25. The van der Waals surface area contributed by atoms with Crippen molar-refractivity contribution < 1.29 is 19.4 Å². The van der Waals surface area contributed by atoms with Crippen LogP contribution in [-0.2, 0) is 9.53 Å². The Labute approximate surface area is 208 Å². The summed E-state index contributed by atoms with van der Waals surface area (Å²) in [5.74, 6) is 1.31. The zero-order chi connectivity index (χ0) is 24.5. The van der Waals surface area contributed by atoms with E-state index >= 15 is 0 Å². The Hall–Kier alpha value is -1.63. The molecule has 1 saturated carbocycles. The number of piperidine rings is 1. The first-order valence-electron chi connectivity index (χ1n) is 12.7. The third kappa shape index (κ3) is 5.44. The van der Waals surface area contributed by atoms with Gasteiger partial charge in [-0.25, -0.2) is 4.98 Å². The van der Waals surface area contributed by atoms with E-state index in [0.717, 1.165) is 50.9 Å². The highest BCUT2D eigenvalue weighted by atomic mass is 35.5. The van der Waals surface area contributed by atoms with Gasteiger partial charge in [0.1, 0.15) is 17.2 Å². The van der Waals surface area contributed by atoms with Gasteiger partial charge < -0.3 is 14.6 Å². The molecule has 1 aromatic heterocycles. The topological polar surface area (TPSA) is 71.9 Å². The van der Waals surface area contributed by atoms with Gasteiger partial charge in [-0.2, -0.15) is 0 Å². The van der Waals surface area contributed by atoms with Gasteiger partial charge in [0.2, 0.25) is 5.88 Å². The number of carbonyl (C=O) groups is 1. The molecule has 0 radical (unpaired) electrons. The second-order valence-electron chi connectivity index (χ2n) is 10.8. The smallest absolute Gasteiger partial charge is 0.303 e. The maximum Gasteiger partial charge on any atom is 0.303 e. The van der Waals surface area contributed by atoms with Crippen LogP contribution < -0.4 is 4.74 Å². The first-order valence-corrected chi connectivity index (χ1v) is 13.1. The molecule has 0 aromatic carbocycles. The van der Waals surface area contributed by atoms with E-state index < -0.39 is 5.60 Å². The number of halogens is 1. The summed E-state index contributed by atoms with van der Waals surface area (Å²) in [5, 5.41) is 12.4. The molecule has 0 bridgehead atoms. The molecule has 7 atom stereocenters. The molecule has 4 rings (SSSR count). The molecule has 1 N–H and O–H groups in total. The number of hydrogen-bond donors (Lipinski definition) is 1. The highest BCUT2D eigenvalue weighted by Gasteiger charge is 2.52. The average molecular weight is 491 g/mol. The first-order chi connectivity index (χ1) is 16.2. The van der Waals surface area contributed by atoms with Crippen molar-refractivity contribution in [3.63, 3.8) is 0 Å². The molecule has 2 heterocycles. The van der Waals surface area contributed by atoms with E-state index in [0.29, 0.717) is 29.2 Å². The van der Waals surface area contributed by atoms with E-state index in [1.807, 2.05) is 19.1 Å². The predicted octanol–water partition coefficient (Wildman–Crippen LogP) is 4.89. The SMILES string of the molecule is CC(=O)O[C@@H]1C[C@@]2(O)[C@H](C)CC[C@@H](C(C)CN3CCCC(Oc4ncccc4Cl)C3)[C@H]2C=C1C. The number of nitrogens with zero attached hydrogens (tertiary/aromatic N) is 2.